The maximum Gasteiger partial charge on any atom is 0.308 e. The van der Waals surface area contributed by atoms with Crippen molar-refractivity contribution in [1.82, 2.24) is 5.32 Å². The van der Waals surface area contributed by atoms with Gasteiger partial charge in [0.1, 0.15) is 11.6 Å². The van der Waals surface area contributed by atoms with Gasteiger partial charge < -0.3 is 19.5 Å². The maximum absolute atomic E-state index is 12.4. The minimum atomic E-state index is -0.561. The summed E-state index contributed by atoms with van der Waals surface area (Å²) < 4.78 is 15.6. The molecule has 1 N–H and O–H groups in total. The van der Waals surface area contributed by atoms with Crippen LogP contribution in [0.15, 0.2) is 42.0 Å². The number of nitrogens with zero attached hydrogens (tertiary/aromatic N) is 1. The van der Waals surface area contributed by atoms with Crippen LogP contribution in [-0.2, 0) is 16.1 Å². The number of benzene rings is 2. The Bertz CT molecular complexity index is 970. The topological polar surface area (TPSA) is 97.7 Å². The summed E-state index contributed by atoms with van der Waals surface area (Å²) >= 11 is 6.07. The van der Waals surface area contributed by atoms with Crippen molar-refractivity contribution in [3.05, 3.63) is 58.1 Å². The summed E-state index contributed by atoms with van der Waals surface area (Å²) in [5.74, 6) is -0.545. The van der Waals surface area contributed by atoms with Crippen molar-refractivity contribution < 1.29 is 23.8 Å². The van der Waals surface area contributed by atoms with Gasteiger partial charge in [0, 0.05) is 18.5 Å². The molecule has 0 aliphatic carbocycles. The Balaban J connectivity index is 2.29. The molecule has 150 valence electrons. The van der Waals surface area contributed by atoms with E-state index in [2.05, 4.69) is 5.32 Å². The Labute approximate surface area is 173 Å². The zero-order chi connectivity index (χ0) is 21.4. The number of hydrogen-bond acceptors (Lipinski definition) is 6. The molecule has 2 aromatic carbocycles. The van der Waals surface area contributed by atoms with Gasteiger partial charge in [0.2, 0.25) is 5.75 Å². The van der Waals surface area contributed by atoms with Crippen LogP contribution in [0.25, 0.3) is 6.08 Å². The largest absolute Gasteiger partial charge is 0.493 e. The minimum absolute atomic E-state index is 0.112. The number of methoxy groups -OCH3 is 2. The molecule has 0 atom stereocenters. The Hall–Kier alpha value is -3.50. The van der Waals surface area contributed by atoms with Crippen molar-refractivity contribution in [2.75, 3.05) is 14.2 Å². The van der Waals surface area contributed by atoms with Crippen LogP contribution in [0.1, 0.15) is 18.1 Å². The molecule has 8 heteroatoms. The fourth-order valence-corrected chi connectivity index (χ4v) is 2.66. The Morgan fingerprint density at radius 2 is 1.79 bits per heavy atom. The monoisotopic (exact) mass is 414 g/mol. The first-order chi connectivity index (χ1) is 13.9. The molecule has 0 spiro atoms. The van der Waals surface area contributed by atoms with Gasteiger partial charge in [0.05, 0.1) is 14.2 Å². The maximum atomic E-state index is 12.4. The van der Waals surface area contributed by atoms with Crippen molar-refractivity contribution in [2.24, 2.45) is 0 Å². The summed E-state index contributed by atoms with van der Waals surface area (Å²) in [6.07, 6.45) is 1.38. The molecule has 7 nitrogen and oxygen atoms in total. The number of rotatable bonds is 7. The molecule has 0 aliphatic heterocycles. The van der Waals surface area contributed by atoms with Crippen LogP contribution in [0.5, 0.6) is 17.2 Å². The predicted molar refractivity (Wildman–Crippen MR) is 108 cm³/mol. The molecule has 0 unspecified atom stereocenters. The van der Waals surface area contributed by atoms with Gasteiger partial charge in [-0.25, -0.2) is 0 Å². The molecule has 29 heavy (non-hydrogen) atoms. The summed E-state index contributed by atoms with van der Waals surface area (Å²) in [4.78, 5) is 23.7. The number of nitrogens with one attached hydrogen (secondary N) is 1. The summed E-state index contributed by atoms with van der Waals surface area (Å²) in [6.45, 7) is 1.43. The van der Waals surface area contributed by atoms with E-state index in [-0.39, 0.29) is 29.4 Å². The molecular formula is C21H19ClN2O5. The first-order valence-electron chi connectivity index (χ1n) is 8.47. The lowest BCUT2D eigenvalue weighted by Crippen LogP contribution is -2.24. The fraction of sp³-hybridized carbons (Fsp3) is 0.190. The summed E-state index contributed by atoms with van der Waals surface area (Å²) in [5.41, 5.74) is 1.06. The lowest BCUT2D eigenvalue weighted by atomic mass is 10.1. The lowest BCUT2D eigenvalue weighted by Gasteiger charge is -2.13. The SMILES string of the molecule is COc1cc(/C=C(\C#N)C(=O)NCc2ccccc2Cl)cc(OC)c1OC(C)=O. The average molecular weight is 415 g/mol. The molecule has 0 radical (unpaired) electrons. The molecule has 1 amide bonds. The van der Waals surface area contributed by atoms with E-state index in [9.17, 15) is 14.9 Å². The van der Waals surface area contributed by atoms with Crippen molar-refractivity contribution in [3.63, 3.8) is 0 Å². The van der Waals surface area contributed by atoms with Gasteiger partial charge >= 0.3 is 5.97 Å². The lowest BCUT2D eigenvalue weighted by molar-refractivity contribution is -0.132. The van der Waals surface area contributed by atoms with Gasteiger partial charge in [-0.2, -0.15) is 5.26 Å². The first-order valence-corrected chi connectivity index (χ1v) is 8.85. The van der Waals surface area contributed by atoms with Crippen LogP contribution in [0.3, 0.4) is 0 Å². The smallest absolute Gasteiger partial charge is 0.308 e. The van der Waals surface area contributed by atoms with Gasteiger partial charge in [-0.05, 0) is 35.4 Å². The van der Waals surface area contributed by atoms with E-state index in [0.29, 0.717) is 10.6 Å². The number of nitriles is 1. The highest BCUT2D eigenvalue weighted by atomic mass is 35.5. The third kappa shape index (κ3) is 5.74. The van der Waals surface area contributed by atoms with Crippen LogP contribution in [0.2, 0.25) is 5.02 Å². The first kappa shape index (κ1) is 21.8. The third-order valence-electron chi connectivity index (χ3n) is 3.80. The predicted octanol–water partition coefficient (Wildman–Crippen LogP) is 3.51. The molecule has 0 heterocycles. The molecule has 0 aliphatic rings. The standard InChI is InChI=1S/C21H19ClN2O5/c1-13(25)29-20-18(27-2)9-14(10-19(20)28-3)8-16(11-23)21(26)24-12-15-6-4-5-7-17(15)22/h4-10H,12H2,1-3H3,(H,24,26)/b16-8+. The van der Waals surface area contributed by atoms with Crippen LogP contribution in [0, 0.1) is 11.3 Å². The van der Waals surface area contributed by atoms with Crippen LogP contribution in [-0.4, -0.2) is 26.1 Å². The molecule has 0 aromatic heterocycles. The Morgan fingerprint density at radius 1 is 1.17 bits per heavy atom. The van der Waals surface area contributed by atoms with Gasteiger partial charge in [-0.1, -0.05) is 29.8 Å². The van der Waals surface area contributed by atoms with E-state index in [1.165, 1.54) is 39.4 Å². The fourth-order valence-electron chi connectivity index (χ4n) is 2.46. The molecule has 0 fully saturated rings. The van der Waals surface area contributed by atoms with E-state index in [1.807, 2.05) is 6.07 Å². The summed E-state index contributed by atoms with van der Waals surface area (Å²) in [5, 5.41) is 12.6. The van der Waals surface area contributed by atoms with Gasteiger partial charge in [-0.3, -0.25) is 9.59 Å². The van der Waals surface area contributed by atoms with E-state index >= 15 is 0 Å². The van der Waals surface area contributed by atoms with Gasteiger partial charge in [-0.15, -0.1) is 0 Å². The second kappa shape index (κ2) is 10.2. The summed E-state index contributed by atoms with van der Waals surface area (Å²) in [6, 6.07) is 12.0. The van der Waals surface area contributed by atoms with Crippen molar-refractivity contribution in [2.45, 2.75) is 13.5 Å². The van der Waals surface area contributed by atoms with Crippen molar-refractivity contribution in [3.8, 4) is 23.3 Å². The number of esters is 1. The van der Waals surface area contributed by atoms with E-state index < -0.39 is 11.9 Å². The Morgan fingerprint density at radius 3 is 2.31 bits per heavy atom. The number of hydrogen-bond donors (Lipinski definition) is 1. The second-order valence-corrected chi connectivity index (χ2v) is 6.20. The molecule has 0 bridgehead atoms. The zero-order valence-electron chi connectivity index (χ0n) is 16.1. The van der Waals surface area contributed by atoms with Crippen LogP contribution < -0.4 is 19.5 Å². The highest BCUT2D eigenvalue weighted by Crippen LogP contribution is 2.39. The molecular weight excluding hydrogens is 396 g/mol. The third-order valence-corrected chi connectivity index (χ3v) is 4.17. The molecule has 2 aromatic rings. The highest BCUT2D eigenvalue weighted by Gasteiger charge is 2.17. The average Bonchev–Trinajstić information content (AvgIpc) is 2.71. The number of carbonyl (C=O) groups is 2. The zero-order valence-corrected chi connectivity index (χ0v) is 16.9. The normalized spacial score (nSPS) is 10.7. The minimum Gasteiger partial charge on any atom is -0.493 e. The van der Waals surface area contributed by atoms with Crippen molar-refractivity contribution >= 4 is 29.6 Å². The van der Waals surface area contributed by atoms with Crippen molar-refractivity contribution in [1.29, 1.82) is 5.26 Å². The summed E-state index contributed by atoms with van der Waals surface area (Å²) in [7, 11) is 2.80. The molecule has 2 rings (SSSR count). The van der Waals surface area contributed by atoms with Gasteiger partial charge in [0.15, 0.2) is 11.5 Å². The van der Waals surface area contributed by atoms with Crippen LogP contribution in [0.4, 0.5) is 0 Å². The van der Waals surface area contributed by atoms with Gasteiger partial charge in [0.25, 0.3) is 5.91 Å². The number of halogens is 1. The Kier molecular flexibility index (Phi) is 7.63. The molecule has 0 saturated carbocycles. The number of ether oxygens (including phenoxy) is 3. The van der Waals surface area contributed by atoms with E-state index in [1.54, 1.807) is 24.3 Å². The second-order valence-electron chi connectivity index (χ2n) is 5.79. The van der Waals surface area contributed by atoms with E-state index in [0.717, 1.165) is 5.56 Å². The quantitative estimate of drug-likeness (QED) is 0.322. The van der Waals surface area contributed by atoms with E-state index in [4.69, 9.17) is 25.8 Å². The van der Waals surface area contributed by atoms with Crippen LogP contribution >= 0.6 is 11.6 Å². The molecule has 0 saturated heterocycles. The highest BCUT2D eigenvalue weighted by molar-refractivity contribution is 6.31. The number of carbonyl (C=O) groups excluding carboxylic acids is 2. The number of amides is 1.